The summed E-state index contributed by atoms with van der Waals surface area (Å²) < 4.78 is 8.27. The van der Waals surface area contributed by atoms with Crippen molar-refractivity contribution in [1.29, 1.82) is 0 Å². The molecule has 0 unspecified atom stereocenters. The van der Waals surface area contributed by atoms with Crippen LogP contribution in [-0.2, 0) is 13.6 Å². The lowest BCUT2D eigenvalue weighted by Crippen LogP contribution is -2.33. The second-order valence-corrected chi connectivity index (χ2v) is 8.83. The molecule has 2 aromatic heterocycles. The fraction of sp³-hybridized carbons (Fsp3) is 0.478. The summed E-state index contributed by atoms with van der Waals surface area (Å²) in [5.41, 5.74) is 3.35. The van der Waals surface area contributed by atoms with Crippen LogP contribution in [0.2, 0.25) is 5.02 Å². The first-order chi connectivity index (χ1) is 14.0. The smallest absolute Gasteiger partial charge is 0.123 e. The molecule has 0 amide bonds. The Kier molecular flexibility index (Phi) is 6.07. The molecule has 0 aliphatic carbocycles. The molecule has 6 heteroatoms. The number of likely N-dealkylation sites (tertiary alicyclic amines) is 1. The Hall–Kier alpha value is -2.11. The van der Waals surface area contributed by atoms with E-state index in [1.54, 1.807) is 0 Å². The molecule has 0 saturated carbocycles. The minimum Gasteiger partial charge on any atom is -0.493 e. The van der Waals surface area contributed by atoms with Crippen LogP contribution in [0.4, 0.5) is 0 Å². The molecular formula is C23H29ClN4O. The lowest BCUT2D eigenvalue weighted by Gasteiger charge is -2.32. The number of halogens is 1. The number of ether oxygens (including phenoxy) is 1. The molecule has 0 radical (unpaired) electrons. The summed E-state index contributed by atoms with van der Waals surface area (Å²) in [5, 5.41) is 0.785. The van der Waals surface area contributed by atoms with Gasteiger partial charge in [0.05, 0.1) is 24.9 Å². The second-order valence-electron chi connectivity index (χ2n) is 8.39. The number of imidazole rings is 1. The Labute approximate surface area is 177 Å². The largest absolute Gasteiger partial charge is 0.493 e. The summed E-state index contributed by atoms with van der Waals surface area (Å²) in [6.45, 7) is 8.03. The van der Waals surface area contributed by atoms with Crippen LogP contribution in [0, 0.1) is 5.92 Å². The van der Waals surface area contributed by atoms with Gasteiger partial charge in [0.25, 0.3) is 0 Å². The van der Waals surface area contributed by atoms with E-state index in [-0.39, 0.29) is 0 Å². The first-order valence-corrected chi connectivity index (χ1v) is 10.8. The Morgan fingerprint density at radius 3 is 2.72 bits per heavy atom. The highest BCUT2D eigenvalue weighted by Gasteiger charge is 2.24. The molecule has 5 nitrogen and oxygen atoms in total. The van der Waals surface area contributed by atoms with Gasteiger partial charge in [0.1, 0.15) is 17.1 Å². The van der Waals surface area contributed by atoms with E-state index in [4.69, 9.17) is 21.3 Å². The number of nitrogens with zero attached hydrogens (tertiary/aromatic N) is 4. The van der Waals surface area contributed by atoms with Gasteiger partial charge in [0, 0.05) is 18.3 Å². The Bertz CT molecular complexity index is 976. The summed E-state index contributed by atoms with van der Waals surface area (Å²) in [7, 11) is 2.09. The number of benzene rings is 1. The summed E-state index contributed by atoms with van der Waals surface area (Å²) in [6.07, 6.45) is 5.86. The van der Waals surface area contributed by atoms with E-state index in [9.17, 15) is 0 Å². The van der Waals surface area contributed by atoms with Crippen molar-refractivity contribution < 1.29 is 4.74 Å². The van der Waals surface area contributed by atoms with E-state index >= 15 is 0 Å². The van der Waals surface area contributed by atoms with Gasteiger partial charge in [-0.05, 0) is 67.6 Å². The van der Waals surface area contributed by atoms with E-state index in [0.717, 1.165) is 66.7 Å². The average molecular weight is 413 g/mol. The van der Waals surface area contributed by atoms with Crippen molar-refractivity contribution in [3.05, 3.63) is 53.1 Å². The number of hydrogen-bond donors (Lipinski definition) is 0. The molecule has 29 heavy (non-hydrogen) atoms. The maximum atomic E-state index is 6.31. The van der Waals surface area contributed by atoms with Gasteiger partial charge in [-0.25, -0.2) is 4.98 Å². The van der Waals surface area contributed by atoms with E-state index in [1.807, 2.05) is 30.6 Å². The first-order valence-electron chi connectivity index (χ1n) is 10.4. The van der Waals surface area contributed by atoms with Crippen molar-refractivity contribution in [3.63, 3.8) is 0 Å². The molecule has 1 aromatic carbocycles. The maximum absolute atomic E-state index is 6.31. The van der Waals surface area contributed by atoms with Crippen molar-refractivity contribution >= 4 is 22.6 Å². The molecule has 1 aliphatic rings. The number of rotatable bonds is 6. The SMILES string of the molecule is CC(C)COc1ccc(Cl)cc1C1CCN(Cc2nc3cnccc3n2C)CC1. The average Bonchev–Trinajstić information content (AvgIpc) is 3.03. The molecule has 3 aromatic rings. The number of hydrogen-bond acceptors (Lipinski definition) is 4. The third-order valence-electron chi connectivity index (χ3n) is 5.71. The summed E-state index contributed by atoms with van der Waals surface area (Å²) in [6, 6.07) is 8.07. The Morgan fingerprint density at radius 2 is 2.00 bits per heavy atom. The zero-order valence-electron chi connectivity index (χ0n) is 17.4. The minimum atomic E-state index is 0.483. The number of aromatic nitrogens is 3. The maximum Gasteiger partial charge on any atom is 0.123 e. The molecular weight excluding hydrogens is 384 g/mol. The number of piperidine rings is 1. The van der Waals surface area contributed by atoms with Crippen LogP contribution in [0.15, 0.2) is 36.7 Å². The standard InChI is InChI=1S/C23H29ClN4O/c1-16(2)15-29-22-5-4-18(24)12-19(22)17-7-10-28(11-8-17)14-23-26-20-13-25-9-6-21(20)27(23)3/h4-6,9,12-13,16-17H,7-8,10-11,14-15H2,1-3H3. The lowest BCUT2D eigenvalue weighted by atomic mass is 9.88. The molecule has 3 heterocycles. The second kappa shape index (κ2) is 8.72. The highest BCUT2D eigenvalue weighted by molar-refractivity contribution is 6.30. The molecule has 4 rings (SSSR count). The van der Waals surface area contributed by atoms with Crippen LogP contribution in [0.25, 0.3) is 11.0 Å². The number of aryl methyl sites for hydroxylation is 1. The predicted molar refractivity (Wildman–Crippen MR) is 118 cm³/mol. The van der Waals surface area contributed by atoms with Gasteiger partial charge in [-0.15, -0.1) is 0 Å². The number of pyridine rings is 1. The Morgan fingerprint density at radius 1 is 1.21 bits per heavy atom. The topological polar surface area (TPSA) is 43.2 Å². The molecule has 0 N–H and O–H groups in total. The minimum absolute atomic E-state index is 0.483. The van der Waals surface area contributed by atoms with Gasteiger partial charge in [-0.3, -0.25) is 9.88 Å². The molecule has 0 bridgehead atoms. The van der Waals surface area contributed by atoms with Gasteiger partial charge >= 0.3 is 0 Å². The van der Waals surface area contributed by atoms with Crippen molar-refractivity contribution in [2.24, 2.45) is 13.0 Å². The number of fused-ring (bicyclic) bond motifs is 1. The molecule has 1 saturated heterocycles. The molecule has 154 valence electrons. The van der Waals surface area contributed by atoms with Crippen molar-refractivity contribution in [2.75, 3.05) is 19.7 Å². The van der Waals surface area contributed by atoms with Gasteiger partial charge in [0.15, 0.2) is 0 Å². The quantitative estimate of drug-likeness (QED) is 0.569. The van der Waals surface area contributed by atoms with Crippen LogP contribution in [0.3, 0.4) is 0 Å². The van der Waals surface area contributed by atoms with E-state index in [2.05, 4.69) is 41.4 Å². The van der Waals surface area contributed by atoms with Crippen molar-refractivity contribution in [1.82, 2.24) is 19.4 Å². The van der Waals surface area contributed by atoms with E-state index < -0.39 is 0 Å². The summed E-state index contributed by atoms with van der Waals surface area (Å²) >= 11 is 6.31. The summed E-state index contributed by atoms with van der Waals surface area (Å²) in [4.78, 5) is 11.4. The fourth-order valence-electron chi connectivity index (χ4n) is 4.07. The predicted octanol–water partition coefficient (Wildman–Crippen LogP) is 5.04. The third-order valence-corrected chi connectivity index (χ3v) is 5.95. The Balaban J connectivity index is 1.43. The van der Waals surface area contributed by atoms with Gasteiger partial charge in [-0.1, -0.05) is 25.4 Å². The van der Waals surface area contributed by atoms with Gasteiger partial charge in [0.2, 0.25) is 0 Å². The molecule has 0 atom stereocenters. The van der Waals surface area contributed by atoms with Crippen LogP contribution in [0.5, 0.6) is 5.75 Å². The van der Waals surface area contributed by atoms with Gasteiger partial charge in [-0.2, -0.15) is 0 Å². The van der Waals surface area contributed by atoms with E-state index in [0.29, 0.717) is 11.8 Å². The third kappa shape index (κ3) is 4.57. The molecule has 1 aliphatic heterocycles. The fourth-order valence-corrected chi connectivity index (χ4v) is 4.25. The zero-order chi connectivity index (χ0) is 20.4. The first kappa shape index (κ1) is 20.2. The highest BCUT2D eigenvalue weighted by atomic mass is 35.5. The molecule has 0 spiro atoms. The highest BCUT2D eigenvalue weighted by Crippen LogP contribution is 2.36. The summed E-state index contributed by atoms with van der Waals surface area (Å²) in [5.74, 6) is 3.07. The van der Waals surface area contributed by atoms with Crippen molar-refractivity contribution in [2.45, 2.75) is 39.2 Å². The lowest BCUT2D eigenvalue weighted by molar-refractivity contribution is 0.195. The van der Waals surface area contributed by atoms with Crippen LogP contribution < -0.4 is 4.74 Å². The monoisotopic (exact) mass is 412 g/mol. The van der Waals surface area contributed by atoms with Crippen molar-refractivity contribution in [3.8, 4) is 5.75 Å². The van der Waals surface area contributed by atoms with Crippen LogP contribution in [-0.4, -0.2) is 39.1 Å². The van der Waals surface area contributed by atoms with Crippen LogP contribution in [0.1, 0.15) is 44.0 Å². The van der Waals surface area contributed by atoms with Crippen LogP contribution >= 0.6 is 11.6 Å². The normalized spacial score (nSPS) is 16.0. The van der Waals surface area contributed by atoms with Gasteiger partial charge < -0.3 is 9.30 Å². The molecule has 1 fully saturated rings. The zero-order valence-corrected chi connectivity index (χ0v) is 18.2. The van der Waals surface area contributed by atoms with E-state index in [1.165, 1.54) is 5.56 Å².